The fourth-order valence-corrected chi connectivity index (χ4v) is 4.00. The predicted molar refractivity (Wildman–Crippen MR) is 98.0 cm³/mol. The van der Waals surface area contributed by atoms with Gasteiger partial charge in [0, 0.05) is 22.1 Å². The third-order valence-electron chi connectivity index (χ3n) is 3.49. The minimum Gasteiger partial charge on any atom is -0.360 e. The first kappa shape index (κ1) is 17.3. The zero-order valence-electron chi connectivity index (χ0n) is 13.6. The van der Waals surface area contributed by atoms with Crippen molar-refractivity contribution in [2.24, 2.45) is 0 Å². The van der Waals surface area contributed by atoms with Crippen molar-refractivity contribution in [2.75, 3.05) is 10.0 Å². The molecule has 130 valence electrons. The van der Waals surface area contributed by atoms with Crippen molar-refractivity contribution in [1.29, 1.82) is 0 Å². The summed E-state index contributed by atoms with van der Waals surface area (Å²) in [5.41, 5.74) is 2.42. The highest BCUT2D eigenvalue weighted by atomic mass is 35.5. The molecule has 0 aliphatic heterocycles. The van der Waals surface area contributed by atoms with Crippen molar-refractivity contribution in [1.82, 2.24) is 5.16 Å². The van der Waals surface area contributed by atoms with Crippen LogP contribution in [-0.2, 0) is 10.0 Å². The van der Waals surface area contributed by atoms with Crippen molar-refractivity contribution in [3.8, 4) is 0 Å². The molecule has 25 heavy (non-hydrogen) atoms. The SMILES string of the molecule is Cc1noc(C)c1S(=O)(=O)Nc1ccc(Nc2cccc(Cl)c2)cc1. The minimum absolute atomic E-state index is 0.0635. The van der Waals surface area contributed by atoms with Gasteiger partial charge >= 0.3 is 0 Å². The van der Waals surface area contributed by atoms with Gasteiger partial charge in [0.2, 0.25) is 0 Å². The van der Waals surface area contributed by atoms with Crippen LogP contribution in [0.15, 0.2) is 57.9 Å². The zero-order chi connectivity index (χ0) is 18.0. The minimum atomic E-state index is -3.75. The molecule has 0 atom stereocenters. The second-order valence-corrected chi connectivity index (χ2v) is 7.53. The van der Waals surface area contributed by atoms with E-state index in [0.717, 1.165) is 11.4 Å². The lowest BCUT2D eigenvalue weighted by Gasteiger charge is -2.10. The lowest BCUT2D eigenvalue weighted by Crippen LogP contribution is -2.14. The van der Waals surface area contributed by atoms with Crippen molar-refractivity contribution < 1.29 is 12.9 Å². The fourth-order valence-electron chi connectivity index (χ4n) is 2.42. The number of rotatable bonds is 5. The van der Waals surface area contributed by atoms with Crippen molar-refractivity contribution in [2.45, 2.75) is 18.7 Å². The molecule has 1 aromatic heterocycles. The van der Waals surface area contributed by atoms with Gasteiger partial charge in [0.05, 0.1) is 0 Å². The maximum absolute atomic E-state index is 12.5. The number of hydrogen-bond acceptors (Lipinski definition) is 5. The number of benzene rings is 2. The van der Waals surface area contributed by atoms with E-state index in [2.05, 4.69) is 15.2 Å². The van der Waals surface area contributed by atoms with E-state index < -0.39 is 10.0 Å². The molecule has 0 unspecified atom stereocenters. The first-order chi connectivity index (χ1) is 11.8. The maximum Gasteiger partial charge on any atom is 0.267 e. The van der Waals surface area contributed by atoms with Crippen molar-refractivity contribution in [3.05, 3.63) is 65.0 Å². The lowest BCUT2D eigenvalue weighted by molar-refractivity contribution is 0.390. The lowest BCUT2D eigenvalue weighted by atomic mass is 10.2. The molecule has 0 amide bonds. The Bertz CT molecular complexity index is 979. The molecule has 2 aromatic carbocycles. The summed E-state index contributed by atoms with van der Waals surface area (Å²) in [4.78, 5) is 0.0635. The van der Waals surface area contributed by atoms with E-state index in [1.807, 2.05) is 12.1 Å². The van der Waals surface area contributed by atoms with E-state index in [1.165, 1.54) is 0 Å². The molecule has 0 aliphatic rings. The molecular formula is C17H16ClN3O3S. The van der Waals surface area contributed by atoms with Gasteiger partial charge in [0.1, 0.15) is 5.69 Å². The quantitative estimate of drug-likeness (QED) is 0.684. The molecule has 6 nitrogen and oxygen atoms in total. The first-order valence-electron chi connectivity index (χ1n) is 7.43. The van der Waals surface area contributed by atoms with Gasteiger partial charge in [-0.1, -0.05) is 22.8 Å². The van der Waals surface area contributed by atoms with E-state index in [1.54, 1.807) is 50.2 Å². The number of sulfonamides is 1. The van der Waals surface area contributed by atoms with Gasteiger partial charge in [-0.05, 0) is 56.3 Å². The molecule has 8 heteroatoms. The van der Waals surface area contributed by atoms with Crippen LogP contribution in [0.3, 0.4) is 0 Å². The summed E-state index contributed by atoms with van der Waals surface area (Å²) < 4.78 is 32.4. The molecule has 0 bridgehead atoms. The highest BCUT2D eigenvalue weighted by Gasteiger charge is 2.24. The summed E-state index contributed by atoms with van der Waals surface area (Å²) in [7, 11) is -3.75. The summed E-state index contributed by atoms with van der Waals surface area (Å²) in [5.74, 6) is 0.254. The highest BCUT2D eigenvalue weighted by molar-refractivity contribution is 7.92. The largest absolute Gasteiger partial charge is 0.360 e. The van der Waals surface area contributed by atoms with Gasteiger partial charge < -0.3 is 9.84 Å². The van der Waals surface area contributed by atoms with E-state index in [9.17, 15) is 8.42 Å². The number of hydrogen-bond donors (Lipinski definition) is 2. The van der Waals surface area contributed by atoms with Gasteiger partial charge in [-0.3, -0.25) is 4.72 Å². The standard InChI is InChI=1S/C17H16ClN3O3S/c1-11-17(12(2)24-20-11)25(22,23)21-15-8-6-14(7-9-15)19-16-5-3-4-13(18)10-16/h3-10,19,21H,1-2H3. The normalized spacial score (nSPS) is 11.3. The zero-order valence-corrected chi connectivity index (χ0v) is 15.1. The third kappa shape index (κ3) is 3.94. The fraction of sp³-hybridized carbons (Fsp3) is 0.118. The van der Waals surface area contributed by atoms with E-state index in [0.29, 0.717) is 16.4 Å². The van der Waals surface area contributed by atoms with Crippen LogP contribution in [0, 0.1) is 13.8 Å². The number of nitrogens with one attached hydrogen (secondary N) is 2. The second kappa shape index (κ2) is 6.78. The molecule has 2 N–H and O–H groups in total. The molecule has 1 heterocycles. The Morgan fingerprint density at radius 2 is 1.68 bits per heavy atom. The molecule has 0 spiro atoms. The van der Waals surface area contributed by atoms with Crippen LogP contribution < -0.4 is 10.0 Å². The number of aryl methyl sites for hydroxylation is 2. The van der Waals surface area contributed by atoms with Crippen LogP contribution in [-0.4, -0.2) is 13.6 Å². The number of halogens is 1. The molecule has 0 saturated carbocycles. The van der Waals surface area contributed by atoms with E-state index >= 15 is 0 Å². The summed E-state index contributed by atoms with van der Waals surface area (Å²) in [6, 6.07) is 14.2. The number of anilines is 3. The molecule has 0 saturated heterocycles. The predicted octanol–water partition coefficient (Wildman–Crippen LogP) is 4.49. The third-order valence-corrected chi connectivity index (χ3v) is 5.35. The molecule has 0 fully saturated rings. The number of nitrogens with zero attached hydrogens (tertiary/aromatic N) is 1. The molecule has 3 rings (SSSR count). The summed E-state index contributed by atoms with van der Waals surface area (Å²) in [6.45, 7) is 3.15. The Morgan fingerprint density at radius 1 is 1.00 bits per heavy atom. The Morgan fingerprint density at radius 3 is 2.28 bits per heavy atom. The van der Waals surface area contributed by atoms with Crippen LogP contribution in [0.1, 0.15) is 11.5 Å². The number of aromatic nitrogens is 1. The Labute approximate surface area is 150 Å². The smallest absolute Gasteiger partial charge is 0.267 e. The van der Waals surface area contributed by atoms with Crippen LogP contribution in [0.5, 0.6) is 0 Å². The average Bonchev–Trinajstić information content (AvgIpc) is 2.89. The van der Waals surface area contributed by atoms with Gasteiger partial charge in [0.15, 0.2) is 10.7 Å². The summed E-state index contributed by atoms with van der Waals surface area (Å²) in [5, 5.41) is 7.50. The van der Waals surface area contributed by atoms with Gasteiger partial charge in [-0.25, -0.2) is 8.42 Å². The van der Waals surface area contributed by atoms with Gasteiger partial charge in [0.25, 0.3) is 10.0 Å². The van der Waals surface area contributed by atoms with Crippen LogP contribution >= 0.6 is 11.6 Å². The second-order valence-electron chi connectivity index (χ2n) is 5.47. The highest BCUT2D eigenvalue weighted by Crippen LogP contribution is 2.25. The monoisotopic (exact) mass is 377 g/mol. The molecule has 0 radical (unpaired) electrons. The van der Waals surface area contributed by atoms with Crippen LogP contribution in [0.2, 0.25) is 5.02 Å². The summed E-state index contributed by atoms with van der Waals surface area (Å²) in [6.07, 6.45) is 0. The molecule has 3 aromatic rings. The van der Waals surface area contributed by atoms with Crippen molar-refractivity contribution >= 4 is 38.7 Å². The maximum atomic E-state index is 12.5. The Kier molecular flexibility index (Phi) is 4.69. The van der Waals surface area contributed by atoms with E-state index in [-0.39, 0.29) is 10.7 Å². The Balaban J connectivity index is 1.77. The average molecular weight is 378 g/mol. The van der Waals surface area contributed by atoms with E-state index in [4.69, 9.17) is 16.1 Å². The molecule has 0 aliphatic carbocycles. The summed E-state index contributed by atoms with van der Waals surface area (Å²) >= 11 is 5.95. The van der Waals surface area contributed by atoms with Crippen molar-refractivity contribution in [3.63, 3.8) is 0 Å². The van der Waals surface area contributed by atoms with Gasteiger partial charge in [-0.2, -0.15) is 0 Å². The Hall–Kier alpha value is -2.51. The van der Waals surface area contributed by atoms with Crippen LogP contribution in [0.25, 0.3) is 0 Å². The topological polar surface area (TPSA) is 84.2 Å². The van der Waals surface area contributed by atoms with Gasteiger partial charge in [-0.15, -0.1) is 0 Å². The van der Waals surface area contributed by atoms with Crippen LogP contribution in [0.4, 0.5) is 17.1 Å². The first-order valence-corrected chi connectivity index (χ1v) is 9.29. The molecular weight excluding hydrogens is 362 g/mol.